The van der Waals surface area contributed by atoms with Crippen LogP contribution in [0.2, 0.25) is 0 Å². The minimum atomic E-state index is -0.702. The molecule has 0 saturated heterocycles. The van der Waals surface area contributed by atoms with Crippen LogP contribution in [0, 0.1) is 0 Å². The van der Waals surface area contributed by atoms with Crippen LogP contribution in [0.25, 0.3) is 0 Å². The Morgan fingerprint density at radius 3 is 2.35 bits per heavy atom. The van der Waals surface area contributed by atoms with E-state index < -0.39 is 5.97 Å². The van der Waals surface area contributed by atoms with E-state index in [0.717, 1.165) is 57.8 Å². The highest BCUT2D eigenvalue weighted by Crippen LogP contribution is 2.13. The minimum Gasteiger partial charge on any atom is -0.481 e. The first-order valence-electron chi connectivity index (χ1n) is 10.1. The maximum absolute atomic E-state index is 11.3. The first-order chi connectivity index (χ1) is 12.6. The summed E-state index contributed by atoms with van der Waals surface area (Å²) in [5, 5.41) is 8.58. The Balaban J connectivity index is 3.84. The Morgan fingerprint density at radius 2 is 1.65 bits per heavy atom. The van der Waals surface area contributed by atoms with E-state index >= 15 is 0 Å². The summed E-state index contributed by atoms with van der Waals surface area (Å²) in [6.45, 7) is 2.22. The van der Waals surface area contributed by atoms with E-state index in [1.54, 1.807) is 0 Å². The van der Waals surface area contributed by atoms with Gasteiger partial charge < -0.3 is 14.6 Å². The Bertz CT molecular complexity index is 379. The van der Waals surface area contributed by atoms with Crippen LogP contribution in [0.5, 0.6) is 0 Å². The van der Waals surface area contributed by atoms with Crippen molar-refractivity contribution in [1.29, 1.82) is 0 Å². The second kappa shape index (κ2) is 18.4. The number of carbonyl (C=O) groups excluding carboxylic acids is 1. The van der Waals surface area contributed by atoms with Crippen molar-refractivity contribution in [2.24, 2.45) is 0 Å². The second-order valence-corrected chi connectivity index (χ2v) is 6.77. The lowest BCUT2D eigenvalue weighted by Gasteiger charge is -2.15. The normalized spacial score (nSPS) is 12.4. The number of esters is 1. The summed E-state index contributed by atoms with van der Waals surface area (Å²) in [6, 6.07) is 0. The summed E-state index contributed by atoms with van der Waals surface area (Å²) >= 11 is 0. The van der Waals surface area contributed by atoms with E-state index in [1.165, 1.54) is 26.4 Å². The van der Waals surface area contributed by atoms with Crippen LogP contribution in [0.15, 0.2) is 12.2 Å². The van der Waals surface area contributed by atoms with Gasteiger partial charge in [-0.25, -0.2) is 4.79 Å². The van der Waals surface area contributed by atoms with Crippen molar-refractivity contribution in [2.75, 3.05) is 13.7 Å². The maximum atomic E-state index is 11.3. The van der Waals surface area contributed by atoms with Crippen LogP contribution < -0.4 is 0 Å². The van der Waals surface area contributed by atoms with Gasteiger partial charge in [0.2, 0.25) is 0 Å². The van der Waals surface area contributed by atoms with E-state index in [2.05, 4.69) is 23.8 Å². The molecule has 26 heavy (non-hydrogen) atoms. The van der Waals surface area contributed by atoms with Gasteiger partial charge in [0.25, 0.3) is 0 Å². The van der Waals surface area contributed by atoms with Gasteiger partial charge in [-0.1, -0.05) is 64.0 Å². The molecular formula is C21H38O5. The Kier molecular flexibility index (Phi) is 17.5. The van der Waals surface area contributed by atoms with E-state index in [0.29, 0.717) is 0 Å². The molecule has 0 aliphatic rings. The van der Waals surface area contributed by atoms with Gasteiger partial charge in [-0.3, -0.25) is 4.79 Å². The van der Waals surface area contributed by atoms with Gasteiger partial charge in [-0.15, -0.1) is 0 Å². The smallest absolute Gasteiger partial charge is 0.331 e. The fourth-order valence-electron chi connectivity index (χ4n) is 2.75. The summed E-state index contributed by atoms with van der Waals surface area (Å²) in [6.07, 6.45) is 17.5. The monoisotopic (exact) mass is 370 g/mol. The highest BCUT2D eigenvalue weighted by molar-refractivity contribution is 5.70. The van der Waals surface area contributed by atoms with Crippen molar-refractivity contribution in [3.8, 4) is 0 Å². The summed E-state index contributed by atoms with van der Waals surface area (Å²) in [4.78, 5) is 21.7. The highest BCUT2D eigenvalue weighted by Gasteiger charge is 2.10. The molecule has 5 heteroatoms. The number of hydrogen-bond acceptors (Lipinski definition) is 4. The molecule has 0 aromatic rings. The molecule has 0 radical (unpaired) electrons. The van der Waals surface area contributed by atoms with Crippen molar-refractivity contribution in [1.82, 2.24) is 0 Å². The lowest BCUT2D eigenvalue weighted by atomic mass is 10.1. The number of allylic oxidation sites excluding steroid dienone is 1. The number of unbranched alkanes of at least 4 members (excludes halogenated alkanes) is 8. The predicted octanol–water partition coefficient (Wildman–Crippen LogP) is 5.28. The van der Waals surface area contributed by atoms with E-state index in [4.69, 9.17) is 9.84 Å². The number of carboxylic acid groups (broad SMARTS) is 1. The largest absolute Gasteiger partial charge is 0.481 e. The number of rotatable bonds is 18. The van der Waals surface area contributed by atoms with Crippen LogP contribution in [0.3, 0.4) is 0 Å². The highest BCUT2D eigenvalue weighted by atomic mass is 16.6. The van der Waals surface area contributed by atoms with Gasteiger partial charge >= 0.3 is 11.9 Å². The zero-order chi connectivity index (χ0) is 19.5. The van der Waals surface area contributed by atoms with Crippen LogP contribution >= 0.6 is 0 Å². The van der Waals surface area contributed by atoms with Gasteiger partial charge in [-0.05, 0) is 32.1 Å². The zero-order valence-corrected chi connectivity index (χ0v) is 16.7. The molecule has 1 N–H and O–H groups in total. The van der Waals surface area contributed by atoms with Crippen LogP contribution in [-0.4, -0.2) is 36.9 Å². The molecule has 5 nitrogen and oxygen atoms in total. The second-order valence-electron chi connectivity index (χ2n) is 6.77. The molecular weight excluding hydrogens is 332 g/mol. The number of carbonyl (C=O) groups is 2. The number of aliphatic carboxylic acids is 1. The first kappa shape index (κ1) is 24.6. The summed E-state index contributed by atoms with van der Waals surface area (Å²) in [5.41, 5.74) is 0. The Morgan fingerprint density at radius 1 is 0.962 bits per heavy atom. The number of ether oxygens (including phenoxy) is 2. The van der Waals surface area contributed by atoms with Gasteiger partial charge in [0, 0.05) is 6.42 Å². The fraction of sp³-hybridized carbons (Fsp3) is 0.810. The van der Waals surface area contributed by atoms with E-state index in [-0.39, 0.29) is 25.1 Å². The lowest BCUT2D eigenvalue weighted by molar-refractivity contribution is -0.148. The molecule has 1 atom stereocenters. The van der Waals surface area contributed by atoms with Crippen LogP contribution in [0.1, 0.15) is 90.4 Å². The van der Waals surface area contributed by atoms with E-state index in [1.807, 2.05) is 0 Å². The molecule has 0 aliphatic heterocycles. The van der Waals surface area contributed by atoms with Gasteiger partial charge in [0.15, 0.2) is 0 Å². The Labute approximate surface area is 159 Å². The molecule has 0 aromatic carbocycles. The molecule has 0 bridgehead atoms. The average molecular weight is 371 g/mol. The Hall–Kier alpha value is -1.36. The molecule has 0 aliphatic carbocycles. The minimum absolute atomic E-state index is 0.0269. The summed E-state index contributed by atoms with van der Waals surface area (Å²) < 4.78 is 10.3. The van der Waals surface area contributed by atoms with Crippen LogP contribution in [0.4, 0.5) is 0 Å². The molecule has 0 aromatic heterocycles. The molecule has 0 rings (SSSR count). The summed E-state index contributed by atoms with van der Waals surface area (Å²) in [5.74, 6) is -1.03. The van der Waals surface area contributed by atoms with E-state index in [9.17, 15) is 9.59 Å². The van der Waals surface area contributed by atoms with Crippen molar-refractivity contribution >= 4 is 11.9 Å². The number of methoxy groups -OCH3 is 1. The third kappa shape index (κ3) is 17.5. The van der Waals surface area contributed by atoms with Gasteiger partial charge in [0.1, 0.15) is 6.61 Å². The SMILES string of the molecule is CCCCCC[C@H](C/C=C\CCCCCCCC(=O)O)OCC(=O)OC. The molecule has 152 valence electrons. The number of carboxylic acids is 1. The zero-order valence-electron chi connectivity index (χ0n) is 16.7. The van der Waals surface area contributed by atoms with Gasteiger partial charge in [0.05, 0.1) is 13.2 Å². The molecule has 0 spiro atoms. The van der Waals surface area contributed by atoms with Crippen molar-refractivity contribution < 1.29 is 24.2 Å². The van der Waals surface area contributed by atoms with Crippen molar-refractivity contribution in [2.45, 2.75) is 96.5 Å². The molecule has 0 fully saturated rings. The number of hydrogen-bond donors (Lipinski definition) is 1. The molecule has 0 saturated carbocycles. The van der Waals surface area contributed by atoms with Gasteiger partial charge in [-0.2, -0.15) is 0 Å². The molecule has 0 amide bonds. The maximum Gasteiger partial charge on any atom is 0.331 e. The predicted molar refractivity (Wildman–Crippen MR) is 104 cm³/mol. The quantitative estimate of drug-likeness (QED) is 0.202. The third-order valence-electron chi connectivity index (χ3n) is 4.37. The molecule has 0 unspecified atom stereocenters. The fourth-order valence-corrected chi connectivity index (χ4v) is 2.75. The van der Waals surface area contributed by atoms with Crippen LogP contribution in [-0.2, 0) is 19.1 Å². The van der Waals surface area contributed by atoms with Crippen molar-refractivity contribution in [3.63, 3.8) is 0 Å². The first-order valence-corrected chi connectivity index (χ1v) is 10.1. The van der Waals surface area contributed by atoms with Crippen molar-refractivity contribution in [3.05, 3.63) is 12.2 Å². The summed E-state index contributed by atoms with van der Waals surface area (Å²) in [7, 11) is 1.38. The third-order valence-corrected chi connectivity index (χ3v) is 4.37. The average Bonchev–Trinajstić information content (AvgIpc) is 2.63. The lowest BCUT2D eigenvalue weighted by Crippen LogP contribution is -2.19. The molecule has 0 heterocycles. The topological polar surface area (TPSA) is 72.8 Å². The standard InChI is InChI=1S/C21H38O5/c1-3-4-5-12-15-19(26-18-21(24)25-2)16-13-10-8-6-7-9-11-14-17-20(22)23/h10,13,19H,3-9,11-12,14-18H2,1-2H3,(H,22,23)/b13-10-/t19-/m1/s1.